The fourth-order valence-corrected chi connectivity index (χ4v) is 4.63. The molecule has 0 nitrogen and oxygen atoms in total. The van der Waals surface area contributed by atoms with Gasteiger partial charge in [0.05, 0.1) is 0 Å². The first kappa shape index (κ1) is 20.7. The van der Waals surface area contributed by atoms with Crippen LogP contribution in [0.5, 0.6) is 0 Å². The van der Waals surface area contributed by atoms with Crippen LogP contribution in [0.1, 0.15) is 49.7 Å². The van der Waals surface area contributed by atoms with Gasteiger partial charge in [-0.15, -0.1) is 0 Å². The van der Waals surface area contributed by atoms with Gasteiger partial charge in [-0.1, -0.05) is 108 Å². The lowest BCUT2D eigenvalue weighted by Gasteiger charge is -2.08. The predicted octanol–water partition coefficient (Wildman–Crippen LogP) is 8.04. The van der Waals surface area contributed by atoms with Gasteiger partial charge in [-0.25, -0.2) is 0 Å². The molecular formula is C30H34. The molecule has 0 N–H and O–H groups in total. The molecule has 2 aromatic carbocycles. The molecule has 0 radical (unpaired) electrons. The van der Waals surface area contributed by atoms with Crippen molar-refractivity contribution in [1.29, 1.82) is 0 Å². The van der Waals surface area contributed by atoms with E-state index < -0.39 is 0 Å². The Morgan fingerprint density at radius 3 is 1.37 bits per heavy atom. The molecule has 0 heterocycles. The third-order valence-corrected chi connectivity index (χ3v) is 6.35. The first-order valence-electron chi connectivity index (χ1n) is 11.7. The highest BCUT2D eigenvalue weighted by atomic mass is 14.2. The van der Waals surface area contributed by atoms with Gasteiger partial charge in [0.2, 0.25) is 0 Å². The normalized spacial score (nSPS) is 19.9. The van der Waals surface area contributed by atoms with Crippen LogP contribution in [0.15, 0.2) is 108 Å². The summed E-state index contributed by atoms with van der Waals surface area (Å²) in [6.45, 7) is 0. The van der Waals surface area contributed by atoms with Gasteiger partial charge in [0.1, 0.15) is 0 Å². The van der Waals surface area contributed by atoms with Gasteiger partial charge in [0.25, 0.3) is 0 Å². The lowest BCUT2D eigenvalue weighted by atomic mass is 9.96. The van der Waals surface area contributed by atoms with Crippen molar-refractivity contribution in [2.24, 2.45) is 11.8 Å². The van der Waals surface area contributed by atoms with Crippen LogP contribution in [0.2, 0.25) is 0 Å². The molecule has 2 aromatic rings. The van der Waals surface area contributed by atoms with Crippen LogP contribution in [-0.2, 0) is 12.8 Å². The number of hydrogen-bond acceptors (Lipinski definition) is 0. The monoisotopic (exact) mass is 394 g/mol. The van der Waals surface area contributed by atoms with Crippen LogP contribution < -0.4 is 0 Å². The molecule has 0 aromatic heterocycles. The number of allylic oxidation sites excluding steroid dienone is 8. The van der Waals surface area contributed by atoms with Crippen molar-refractivity contribution in [2.75, 3.05) is 0 Å². The summed E-state index contributed by atoms with van der Waals surface area (Å²) in [5.41, 5.74) is 5.98. The maximum absolute atomic E-state index is 2.51. The zero-order chi connectivity index (χ0) is 20.4. The number of rotatable bonds is 11. The topological polar surface area (TPSA) is 0 Å². The molecule has 154 valence electrons. The van der Waals surface area contributed by atoms with E-state index in [9.17, 15) is 0 Å². The zero-order valence-electron chi connectivity index (χ0n) is 18.0. The molecule has 0 saturated heterocycles. The Balaban J connectivity index is 1.13. The largest absolute Gasteiger partial charge is 0.0773 e. The molecule has 2 aliphatic carbocycles. The van der Waals surface area contributed by atoms with Crippen LogP contribution in [0.3, 0.4) is 0 Å². The highest BCUT2D eigenvalue weighted by Crippen LogP contribution is 2.29. The summed E-state index contributed by atoms with van der Waals surface area (Å²) in [5.74, 6) is 1.28. The van der Waals surface area contributed by atoms with E-state index in [-0.39, 0.29) is 0 Å². The van der Waals surface area contributed by atoms with E-state index in [0.717, 1.165) is 0 Å². The van der Waals surface area contributed by atoms with Gasteiger partial charge >= 0.3 is 0 Å². The van der Waals surface area contributed by atoms with Crippen LogP contribution >= 0.6 is 0 Å². The van der Waals surface area contributed by atoms with Crippen molar-refractivity contribution in [3.05, 3.63) is 119 Å². The number of hydrogen-bond donors (Lipinski definition) is 0. The van der Waals surface area contributed by atoms with Crippen molar-refractivity contribution < 1.29 is 0 Å². The quantitative estimate of drug-likeness (QED) is 0.362. The summed E-state index contributed by atoms with van der Waals surface area (Å²) < 4.78 is 0. The molecule has 0 amide bonds. The standard InChI is InChI=1S/C30H34/c1-3-9-25(10-4-1)13-7-15-27-17-19-29(23-27)21-22-30-20-18-28(24-30)16-8-14-26-11-5-2-6-12-26/h1-6,9-12,17-20,23-24,29-30H,7-8,13-16,21-22H2. The molecular weight excluding hydrogens is 360 g/mol. The molecule has 2 atom stereocenters. The molecule has 0 aliphatic heterocycles. The Labute approximate surface area is 182 Å². The molecule has 2 aliphatic rings. The van der Waals surface area contributed by atoms with E-state index in [0.29, 0.717) is 11.8 Å². The van der Waals surface area contributed by atoms with Crippen molar-refractivity contribution in [3.8, 4) is 0 Å². The van der Waals surface area contributed by atoms with E-state index in [1.165, 1.54) is 73.6 Å². The Morgan fingerprint density at radius 1 is 0.500 bits per heavy atom. The Hall–Kier alpha value is -2.60. The molecule has 2 unspecified atom stereocenters. The second-order valence-corrected chi connectivity index (χ2v) is 8.78. The van der Waals surface area contributed by atoms with Gasteiger partial charge in [0, 0.05) is 0 Å². The molecule has 0 fully saturated rings. The molecule has 0 saturated carbocycles. The summed E-state index contributed by atoms with van der Waals surface area (Å²) in [6.07, 6.45) is 24.4. The van der Waals surface area contributed by atoms with Gasteiger partial charge in [-0.2, -0.15) is 0 Å². The maximum Gasteiger partial charge on any atom is -0.00441 e. The highest BCUT2D eigenvalue weighted by molar-refractivity contribution is 5.31. The zero-order valence-corrected chi connectivity index (χ0v) is 18.0. The van der Waals surface area contributed by atoms with Crippen molar-refractivity contribution in [2.45, 2.75) is 51.4 Å². The van der Waals surface area contributed by atoms with Crippen molar-refractivity contribution >= 4 is 0 Å². The maximum atomic E-state index is 2.51. The smallest absolute Gasteiger partial charge is 0.00441 e. The highest BCUT2D eigenvalue weighted by Gasteiger charge is 2.14. The Kier molecular flexibility index (Phi) is 7.56. The van der Waals surface area contributed by atoms with E-state index in [2.05, 4.69) is 97.1 Å². The third kappa shape index (κ3) is 6.46. The summed E-state index contributed by atoms with van der Waals surface area (Å²) in [4.78, 5) is 0. The summed E-state index contributed by atoms with van der Waals surface area (Å²) in [7, 11) is 0. The second-order valence-electron chi connectivity index (χ2n) is 8.78. The first-order chi connectivity index (χ1) is 14.8. The van der Waals surface area contributed by atoms with Crippen LogP contribution in [0.25, 0.3) is 0 Å². The summed E-state index contributed by atoms with van der Waals surface area (Å²) in [6, 6.07) is 21.7. The third-order valence-electron chi connectivity index (χ3n) is 6.35. The second kappa shape index (κ2) is 11.0. The fourth-order valence-electron chi connectivity index (χ4n) is 4.63. The van der Waals surface area contributed by atoms with Crippen LogP contribution in [-0.4, -0.2) is 0 Å². The average Bonchev–Trinajstić information content (AvgIpc) is 3.43. The van der Waals surface area contributed by atoms with Gasteiger partial charge in [-0.05, 0) is 74.3 Å². The Bertz CT molecular complexity index is 818. The van der Waals surface area contributed by atoms with E-state index in [1.807, 2.05) is 0 Å². The summed E-state index contributed by atoms with van der Waals surface area (Å²) in [5, 5.41) is 0. The van der Waals surface area contributed by atoms with E-state index in [4.69, 9.17) is 0 Å². The lowest BCUT2D eigenvalue weighted by molar-refractivity contribution is 0.601. The molecule has 0 bridgehead atoms. The van der Waals surface area contributed by atoms with E-state index in [1.54, 1.807) is 0 Å². The minimum absolute atomic E-state index is 0.639. The number of aryl methyl sites for hydroxylation is 2. The molecule has 0 spiro atoms. The predicted molar refractivity (Wildman–Crippen MR) is 129 cm³/mol. The lowest BCUT2D eigenvalue weighted by Crippen LogP contribution is -1.96. The average molecular weight is 395 g/mol. The van der Waals surface area contributed by atoms with Crippen molar-refractivity contribution in [3.63, 3.8) is 0 Å². The fraction of sp³-hybridized carbons (Fsp3) is 0.333. The SMILES string of the molecule is C1=CC(CCC2C=CC(CCCc3ccccc3)=C2)C=C1CCCc1ccccc1. The minimum atomic E-state index is 0.639. The van der Waals surface area contributed by atoms with Crippen molar-refractivity contribution in [1.82, 2.24) is 0 Å². The molecule has 30 heavy (non-hydrogen) atoms. The summed E-state index contributed by atoms with van der Waals surface area (Å²) >= 11 is 0. The van der Waals surface area contributed by atoms with Gasteiger partial charge < -0.3 is 0 Å². The number of benzene rings is 2. The van der Waals surface area contributed by atoms with E-state index >= 15 is 0 Å². The van der Waals surface area contributed by atoms with Gasteiger partial charge in [-0.3, -0.25) is 0 Å². The van der Waals surface area contributed by atoms with Crippen LogP contribution in [0.4, 0.5) is 0 Å². The Morgan fingerprint density at radius 2 is 0.933 bits per heavy atom. The van der Waals surface area contributed by atoms with Crippen LogP contribution in [0, 0.1) is 11.8 Å². The molecule has 4 rings (SSSR count). The minimum Gasteiger partial charge on any atom is -0.0773 e. The first-order valence-corrected chi connectivity index (χ1v) is 11.7. The molecule has 0 heteroatoms. The van der Waals surface area contributed by atoms with Gasteiger partial charge in [0.15, 0.2) is 0 Å².